The Bertz CT molecular complexity index is 1070. The molecule has 1 saturated carbocycles. The summed E-state index contributed by atoms with van der Waals surface area (Å²) in [4.78, 5) is 29.8. The zero-order valence-corrected chi connectivity index (χ0v) is 28.6. The zero-order valence-electron chi connectivity index (χ0n) is 27.6. The summed E-state index contributed by atoms with van der Waals surface area (Å²) in [7, 11) is -1.78. The Hall–Kier alpha value is -1.90. The molecule has 0 aromatic heterocycles. The van der Waals surface area contributed by atoms with E-state index in [0.717, 1.165) is 51.6 Å². The number of piperidine rings is 1. The lowest BCUT2D eigenvalue weighted by Crippen LogP contribution is -2.49. The summed E-state index contributed by atoms with van der Waals surface area (Å²) < 4.78 is 12.6. The molecule has 2 amide bonds. The molecule has 8 heteroatoms. The fourth-order valence-corrected chi connectivity index (χ4v) is 8.44. The largest absolute Gasteiger partial charge is 0.444 e. The third-order valence-corrected chi connectivity index (χ3v) is 14.9. The average Bonchev–Trinajstić information content (AvgIpc) is 3.12. The van der Waals surface area contributed by atoms with Gasteiger partial charge in [0.2, 0.25) is 5.91 Å². The Kier molecular flexibility index (Phi) is 10.2. The number of benzene rings is 1. The molecule has 0 spiro atoms. The zero-order chi connectivity index (χ0) is 30.9. The summed E-state index contributed by atoms with van der Waals surface area (Å²) >= 11 is 0. The molecule has 1 aromatic carbocycles. The topological polar surface area (TPSA) is 85.1 Å². The van der Waals surface area contributed by atoms with E-state index in [1.54, 1.807) is 6.07 Å². The molecule has 1 aromatic rings. The van der Waals surface area contributed by atoms with E-state index < -0.39 is 13.9 Å². The van der Waals surface area contributed by atoms with Gasteiger partial charge in [-0.3, -0.25) is 9.69 Å². The van der Waals surface area contributed by atoms with E-state index >= 15 is 0 Å². The highest BCUT2D eigenvalue weighted by Gasteiger charge is 2.42. The molecular formula is C34H57N3O4Si. The molecule has 2 saturated heterocycles. The third kappa shape index (κ3) is 8.38. The number of fused-ring (bicyclic) bond motifs is 2. The highest BCUT2D eigenvalue weighted by molar-refractivity contribution is 6.74. The van der Waals surface area contributed by atoms with Crippen molar-refractivity contribution in [3.8, 4) is 0 Å². The molecule has 4 rings (SSSR count). The van der Waals surface area contributed by atoms with Crippen LogP contribution in [-0.4, -0.2) is 73.5 Å². The maximum Gasteiger partial charge on any atom is 0.410 e. The van der Waals surface area contributed by atoms with E-state index in [1.807, 2.05) is 37.8 Å². The first-order valence-electron chi connectivity index (χ1n) is 16.3. The van der Waals surface area contributed by atoms with Crippen molar-refractivity contribution in [1.29, 1.82) is 0 Å². The molecule has 1 aliphatic carbocycles. The van der Waals surface area contributed by atoms with Crippen molar-refractivity contribution in [1.82, 2.24) is 9.80 Å². The first-order chi connectivity index (χ1) is 19.5. The quantitative estimate of drug-likeness (QED) is 0.301. The highest BCUT2D eigenvalue weighted by atomic mass is 28.4. The van der Waals surface area contributed by atoms with E-state index in [1.165, 1.54) is 18.4 Å². The minimum absolute atomic E-state index is 0.187. The van der Waals surface area contributed by atoms with Gasteiger partial charge in [0.1, 0.15) is 5.60 Å². The first-order valence-corrected chi connectivity index (χ1v) is 19.2. The number of hydrogen-bond donors (Lipinski definition) is 1. The van der Waals surface area contributed by atoms with E-state index in [-0.39, 0.29) is 17.0 Å². The van der Waals surface area contributed by atoms with Gasteiger partial charge in [0.25, 0.3) is 0 Å². The van der Waals surface area contributed by atoms with Crippen molar-refractivity contribution < 1.29 is 18.8 Å². The van der Waals surface area contributed by atoms with Gasteiger partial charge in [0, 0.05) is 43.4 Å². The molecule has 2 bridgehead atoms. The van der Waals surface area contributed by atoms with Gasteiger partial charge in [-0.1, -0.05) is 32.9 Å². The van der Waals surface area contributed by atoms with E-state index in [2.05, 4.69) is 44.8 Å². The number of hydrogen-bond acceptors (Lipinski definition) is 5. The van der Waals surface area contributed by atoms with Gasteiger partial charge in [-0.15, -0.1) is 0 Å². The summed E-state index contributed by atoms with van der Waals surface area (Å²) in [5.74, 6) is 0.566. The lowest BCUT2D eigenvalue weighted by atomic mass is 9.84. The molecule has 0 unspecified atom stereocenters. The lowest BCUT2D eigenvalue weighted by molar-refractivity contribution is 0.0139. The molecule has 2 heterocycles. The van der Waals surface area contributed by atoms with Crippen molar-refractivity contribution in [2.45, 2.75) is 141 Å². The van der Waals surface area contributed by atoms with Gasteiger partial charge in [-0.2, -0.15) is 0 Å². The summed E-state index contributed by atoms with van der Waals surface area (Å²) in [6, 6.07) is 8.90. The number of primary amides is 1. The maximum atomic E-state index is 13.4. The van der Waals surface area contributed by atoms with Crippen molar-refractivity contribution >= 4 is 20.3 Å². The van der Waals surface area contributed by atoms with Gasteiger partial charge in [0.15, 0.2) is 8.32 Å². The lowest BCUT2D eigenvalue weighted by Gasteiger charge is -2.42. The second kappa shape index (κ2) is 13.0. The summed E-state index contributed by atoms with van der Waals surface area (Å²) in [6.45, 7) is 19.8. The number of ether oxygens (including phenoxy) is 1. The Morgan fingerprint density at radius 2 is 1.60 bits per heavy atom. The Labute approximate surface area is 256 Å². The third-order valence-electron chi connectivity index (χ3n) is 10.3. The summed E-state index contributed by atoms with van der Waals surface area (Å²) in [6.07, 6.45) is 9.07. The molecule has 3 fully saturated rings. The Morgan fingerprint density at radius 1 is 0.976 bits per heavy atom. The van der Waals surface area contributed by atoms with Crippen LogP contribution in [0.25, 0.3) is 0 Å². The van der Waals surface area contributed by atoms with Crippen LogP contribution in [0, 0.1) is 5.92 Å². The van der Waals surface area contributed by atoms with Crippen molar-refractivity contribution in [3.63, 3.8) is 0 Å². The van der Waals surface area contributed by atoms with Crippen molar-refractivity contribution in [2.24, 2.45) is 11.7 Å². The average molecular weight is 600 g/mol. The molecule has 2 N–H and O–H groups in total. The van der Waals surface area contributed by atoms with E-state index in [9.17, 15) is 9.59 Å². The minimum Gasteiger partial charge on any atom is -0.444 e. The van der Waals surface area contributed by atoms with Crippen LogP contribution < -0.4 is 5.73 Å². The number of nitrogens with two attached hydrogens (primary N) is 1. The molecular weight excluding hydrogens is 542 g/mol. The summed E-state index contributed by atoms with van der Waals surface area (Å²) in [5.41, 5.74) is 6.86. The van der Waals surface area contributed by atoms with Crippen LogP contribution in [0.4, 0.5) is 4.79 Å². The Balaban J connectivity index is 1.35. The first kappa shape index (κ1) is 33.0. The predicted octanol–water partition coefficient (Wildman–Crippen LogP) is 7.31. The Morgan fingerprint density at radius 3 is 2.14 bits per heavy atom. The van der Waals surface area contributed by atoms with Gasteiger partial charge in [-0.25, -0.2) is 4.79 Å². The van der Waals surface area contributed by atoms with Gasteiger partial charge in [0.05, 0.1) is 0 Å². The van der Waals surface area contributed by atoms with Crippen LogP contribution in [-0.2, 0) is 9.16 Å². The van der Waals surface area contributed by atoms with E-state index in [4.69, 9.17) is 14.9 Å². The van der Waals surface area contributed by atoms with Crippen LogP contribution in [0.2, 0.25) is 18.1 Å². The fraction of sp³-hybridized carbons (Fsp3) is 0.765. The van der Waals surface area contributed by atoms with Crippen molar-refractivity contribution in [3.05, 3.63) is 35.4 Å². The SMILES string of the molecule is CC(C)(C)OC(=O)N(CCN1[C@@H]2CC[C@H]1C[C@@H](c1cccc(C(N)=O)c1)C2)CC1CCC(O[Si](C)(C)C(C)(C)C)CC1. The minimum atomic E-state index is -1.78. The smallest absolute Gasteiger partial charge is 0.410 e. The molecule has 7 nitrogen and oxygen atoms in total. The molecule has 3 aliphatic rings. The van der Waals surface area contributed by atoms with Crippen LogP contribution in [0.5, 0.6) is 0 Å². The standard InChI is InChI=1S/C34H57N3O4Si/c1-33(2,3)40-32(39)36(23-24-12-16-30(17-13-24)41-42(7,8)34(4,5)6)18-19-37-28-14-15-29(37)22-27(21-28)25-10-9-11-26(20-25)31(35)38/h9-11,20,24,27-30H,12-19,21-23H2,1-8H3,(H2,35,38)/t24?,27-,28+,29-,30?. The second-order valence-electron chi connectivity index (χ2n) is 15.7. The van der Waals surface area contributed by atoms with Gasteiger partial charge < -0.3 is 19.8 Å². The number of nitrogens with zero attached hydrogens (tertiary/aromatic N) is 2. The van der Waals surface area contributed by atoms with Crippen LogP contribution in [0.15, 0.2) is 24.3 Å². The summed E-state index contributed by atoms with van der Waals surface area (Å²) in [5, 5.41) is 0.221. The fourth-order valence-electron chi connectivity index (χ4n) is 7.01. The molecule has 0 radical (unpaired) electrons. The van der Waals surface area contributed by atoms with Crippen LogP contribution in [0.3, 0.4) is 0 Å². The van der Waals surface area contributed by atoms with Gasteiger partial charge >= 0.3 is 6.09 Å². The number of rotatable bonds is 9. The van der Waals surface area contributed by atoms with E-state index in [0.29, 0.717) is 42.1 Å². The monoisotopic (exact) mass is 599 g/mol. The molecule has 42 heavy (non-hydrogen) atoms. The number of carbonyl (C=O) groups is 2. The molecule has 236 valence electrons. The second-order valence-corrected chi connectivity index (χ2v) is 20.5. The highest BCUT2D eigenvalue weighted by Crippen LogP contribution is 2.43. The maximum absolute atomic E-state index is 13.4. The van der Waals surface area contributed by atoms with Crippen LogP contribution >= 0.6 is 0 Å². The van der Waals surface area contributed by atoms with Crippen molar-refractivity contribution in [2.75, 3.05) is 19.6 Å². The molecule has 2 aliphatic heterocycles. The number of carbonyl (C=O) groups excluding carboxylic acids is 2. The molecule has 3 atom stereocenters. The number of amides is 2. The van der Waals surface area contributed by atoms with Crippen LogP contribution in [0.1, 0.15) is 115 Å². The van der Waals surface area contributed by atoms with Gasteiger partial charge in [-0.05, 0) is 120 Å². The normalized spacial score (nSPS) is 27.1. The predicted molar refractivity (Wildman–Crippen MR) is 172 cm³/mol.